The molecule has 42 heavy (non-hydrogen) atoms. The van der Waals surface area contributed by atoms with Gasteiger partial charge in [0.1, 0.15) is 18.2 Å². The van der Waals surface area contributed by atoms with Crippen LogP contribution in [0.4, 0.5) is 11.5 Å². The second kappa shape index (κ2) is 10.7. The van der Waals surface area contributed by atoms with E-state index in [0.29, 0.717) is 48.0 Å². The molecule has 3 heterocycles. The van der Waals surface area contributed by atoms with Gasteiger partial charge in [0.2, 0.25) is 10.7 Å². The number of anilines is 2. The van der Waals surface area contributed by atoms with Crippen molar-refractivity contribution in [3.05, 3.63) is 82.6 Å². The van der Waals surface area contributed by atoms with Gasteiger partial charge in [0.15, 0.2) is 0 Å². The third-order valence-corrected chi connectivity index (χ3v) is 8.61. The summed E-state index contributed by atoms with van der Waals surface area (Å²) in [4.78, 5) is 21.6. The van der Waals surface area contributed by atoms with Crippen LogP contribution >= 0.6 is 12.2 Å². The summed E-state index contributed by atoms with van der Waals surface area (Å²) >= 11 is 6.06. The van der Waals surface area contributed by atoms with Gasteiger partial charge in [0, 0.05) is 37.1 Å². The minimum Gasteiger partial charge on any atom is -0.490 e. The van der Waals surface area contributed by atoms with Gasteiger partial charge in [-0.15, -0.1) is 0 Å². The summed E-state index contributed by atoms with van der Waals surface area (Å²) < 4.78 is 9.07. The molecule has 0 unspecified atom stereocenters. The molecular weight excluding hydrogens is 544 g/mol. The van der Waals surface area contributed by atoms with Crippen LogP contribution in [0.1, 0.15) is 36.5 Å². The molecule has 1 amide bonds. The molecule has 2 aliphatic rings. The Labute approximate surface area is 250 Å². The zero-order valence-electron chi connectivity index (χ0n) is 24.1. The Bertz CT molecular complexity index is 1830. The number of para-hydroxylation sites is 1. The van der Waals surface area contributed by atoms with Crippen LogP contribution in [0.5, 0.6) is 5.75 Å². The number of benzene rings is 3. The van der Waals surface area contributed by atoms with Crippen molar-refractivity contribution in [1.82, 2.24) is 14.5 Å². The minimum atomic E-state index is -0.103. The Morgan fingerprint density at radius 1 is 1.21 bits per heavy atom. The number of carbonyl (C=O) groups excluding carboxylic acids is 1. The molecule has 1 aromatic heterocycles. The highest BCUT2D eigenvalue weighted by atomic mass is 32.1. The van der Waals surface area contributed by atoms with Crippen molar-refractivity contribution in [2.75, 3.05) is 36.9 Å². The lowest BCUT2D eigenvalue weighted by molar-refractivity contribution is -0.126. The predicted octanol–water partition coefficient (Wildman–Crippen LogP) is 6.03. The van der Waals surface area contributed by atoms with Crippen LogP contribution in [0.2, 0.25) is 0 Å². The third kappa shape index (κ3) is 4.44. The lowest BCUT2D eigenvalue weighted by Crippen LogP contribution is -2.56. The van der Waals surface area contributed by atoms with E-state index in [-0.39, 0.29) is 17.9 Å². The molecule has 4 aromatic rings. The van der Waals surface area contributed by atoms with E-state index in [0.717, 1.165) is 44.7 Å². The summed E-state index contributed by atoms with van der Waals surface area (Å²) in [6.45, 7) is 12.1. The Morgan fingerprint density at radius 3 is 2.74 bits per heavy atom. The van der Waals surface area contributed by atoms with Crippen LogP contribution in [-0.4, -0.2) is 58.9 Å². The van der Waals surface area contributed by atoms with Gasteiger partial charge in [-0.2, -0.15) is 0 Å². The maximum Gasteiger partial charge on any atom is 0.246 e. The topological polar surface area (TPSA) is 100 Å². The summed E-state index contributed by atoms with van der Waals surface area (Å²) in [6, 6.07) is 16.1. The Hall–Kier alpha value is -4.50. The van der Waals surface area contributed by atoms with E-state index < -0.39 is 0 Å². The Kier molecular flexibility index (Phi) is 7.06. The molecule has 0 saturated carbocycles. The molecule has 1 fully saturated rings. The molecule has 1 saturated heterocycles. The normalized spacial score (nSPS) is 16.1. The quantitative estimate of drug-likeness (QED) is 0.130. The second-order valence-corrected chi connectivity index (χ2v) is 11.6. The summed E-state index contributed by atoms with van der Waals surface area (Å²) in [5, 5.41) is 9.03. The Balaban J connectivity index is 1.68. The van der Waals surface area contributed by atoms with Crippen molar-refractivity contribution in [3.63, 3.8) is 0 Å². The number of aromatic nitrogens is 2. The van der Waals surface area contributed by atoms with Gasteiger partial charge in [0.25, 0.3) is 0 Å². The fourth-order valence-corrected chi connectivity index (χ4v) is 6.54. The molecule has 3 N–H and O–H groups in total. The van der Waals surface area contributed by atoms with E-state index in [4.69, 9.17) is 33.1 Å². The monoisotopic (exact) mass is 578 g/mol. The van der Waals surface area contributed by atoms with E-state index >= 15 is 0 Å². The standard InChI is InChI=1S/C33H34N6O2S/c1-5-29(40)37-12-13-38-22(17-37)18-41-28-15-21(30-20(4)10-11-25(35)24(30)16-34)14-27-31(28)32(38)36-33(42)39(27)26-9-7-6-8-23(26)19(2)3/h5-11,14-16,19,22,34H,1,12-13,17-18,35H2,2-4H3/t22-/m0/s1. The summed E-state index contributed by atoms with van der Waals surface area (Å²) in [5.74, 6) is 1.62. The number of carbonyl (C=O) groups is 1. The highest BCUT2D eigenvalue weighted by Crippen LogP contribution is 2.43. The van der Waals surface area contributed by atoms with E-state index in [1.54, 1.807) is 4.90 Å². The van der Waals surface area contributed by atoms with Crippen molar-refractivity contribution in [2.24, 2.45) is 0 Å². The number of hydrogen-bond donors (Lipinski definition) is 2. The fraction of sp³-hybridized carbons (Fsp3) is 0.273. The van der Waals surface area contributed by atoms with Gasteiger partial charge < -0.3 is 25.7 Å². The van der Waals surface area contributed by atoms with E-state index in [9.17, 15) is 4.79 Å². The van der Waals surface area contributed by atoms with Crippen LogP contribution in [-0.2, 0) is 4.79 Å². The van der Waals surface area contributed by atoms with Gasteiger partial charge >= 0.3 is 0 Å². The number of fused-ring (bicyclic) bond motifs is 2. The van der Waals surface area contributed by atoms with Gasteiger partial charge in [-0.05, 0) is 77.7 Å². The predicted molar refractivity (Wildman–Crippen MR) is 172 cm³/mol. The third-order valence-electron chi connectivity index (χ3n) is 8.33. The number of piperazine rings is 1. The summed E-state index contributed by atoms with van der Waals surface area (Å²) in [5.41, 5.74) is 13.3. The molecule has 0 aliphatic carbocycles. The molecular formula is C33H34N6O2S. The molecule has 8 nitrogen and oxygen atoms in total. The lowest BCUT2D eigenvalue weighted by Gasteiger charge is -2.40. The molecule has 9 heteroatoms. The number of aryl methyl sites for hydroxylation is 1. The lowest BCUT2D eigenvalue weighted by atomic mass is 9.93. The molecule has 0 radical (unpaired) electrons. The van der Waals surface area contributed by atoms with Gasteiger partial charge in [0.05, 0.1) is 22.6 Å². The number of hydrogen-bond acceptors (Lipinski definition) is 7. The molecule has 0 bridgehead atoms. The van der Waals surface area contributed by atoms with Crippen LogP contribution in [0, 0.1) is 17.1 Å². The molecule has 1 atom stereocenters. The first-order chi connectivity index (χ1) is 20.2. The number of amides is 1. The first kappa shape index (κ1) is 27.7. The highest BCUT2D eigenvalue weighted by Gasteiger charge is 2.35. The number of nitrogens with zero attached hydrogens (tertiary/aromatic N) is 4. The maximum absolute atomic E-state index is 12.5. The first-order valence-electron chi connectivity index (χ1n) is 14.1. The SMILES string of the molecule is C=CC(=O)N1CCN2c3nc(=S)n(-c4ccccc4C(C)C)c4cc(-c5c(C)ccc(N)c5C=N)cc(c34)OC[C@@H]2C1. The van der Waals surface area contributed by atoms with Crippen LogP contribution in [0.3, 0.4) is 0 Å². The van der Waals surface area contributed by atoms with E-state index in [1.165, 1.54) is 12.3 Å². The van der Waals surface area contributed by atoms with E-state index in [2.05, 4.69) is 43.5 Å². The van der Waals surface area contributed by atoms with Crippen molar-refractivity contribution >= 4 is 46.7 Å². The number of rotatable bonds is 5. The Morgan fingerprint density at radius 2 is 2.00 bits per heavy atom. The molecule has 2 aliphatic heterocycles. The maximum atomic E-state index is 12.5. The number of nitrogen functional groups attached to an aromatic ring is 1. The number of nitrogens with one attached hydrogen (secondary N) is 1. The smallest absolute Gasteiger partial charge is 0.246 e. The zero-order chi connectivity index (χ0) is 29.7. The van der Waals surface area contributed by atoms with Crippen molar-refractivity contribution in [3.8, 4) is 22.6 Å². The van der Waals surface area contributed by atoms with Crippen molar-refractivity contribution in [1.29, 1.82) is 5.41 Å². The molecule has 6 rings (SSSR count). The second-order valence-electron chi connectivity index (χ2n) is 11.2. The van der Waals surface area contributed by atoms with Gasteiger partial charge in [-0.25, -0.2) is 4.98 Å². The molecule has 0 spiro atoms. The summed E-state index contributed by atoms with van der Waals surface area (Å²) in [7, 11) is 0. The first-order valence-corrected chi connectivity index (χ1v) is 14.5. The van der Waals surface area contributed by atoms with Crippen LogP contribution < -0.4 is 15.4 Å². The van der Waals surface area contributed by atoms with E-state index in [1.807, 2.05) is 41.8 Å². The average molecular weight is 579 g/mol. The zero-order valence-corrected chi connectivity index (χ0v) is 24.9. The highest BCUT2D eigenvalue weighted by molar-refractivity contribution is 7.71. The summed E-state index contributed by atoms with van der Waals surface area (Å²) in [6.07, 6.45) is 2.67. The largest absolute Gasteiger partial charge is 0.490 e. The van der Waals surface area contributed by atoms with Crippen molar-refractivity contribution < 1.29 is 9.53 Å². The van der Waals surface area contributed by atoms with Gasteiger partial charge in [-0.1, -0.05) is 44.7 Å². The minimum absolute atomic E-state index is 0.0896. The van der Waals surface area contributed by atoms with Crippen molar-refractivity contribution in [2.45, 2.75) is 32.7 Å². The number of nitrogens with two attached hydrogens (primary N) is 1. The van der Waals surface area contributed by atoms with Gasteiger partial charge in [-0.3, -0.25) is 9.36 Å². The van der Waals surface area contributed by atoms with Crippen LogP contribution in [0.15, 0.2) is 61.2 Å². The average Bonchev–Trinajstić information content (AvgIpc) is 3.14. The number of ether oxygens (including phenoxy) is 1. The molecule has 214 valence electrons. The van der Waals surface area contributed by atoms with Crippen LogP contribution in [0.25, 0.3) is 27.7 Å². The fourth-order valence-electron chi connectivity index (χ4n) is 6.25. The molecule has 3 aromatic carbocycles.